The van der Waals surface area contributed by atoms with Crippen LogP contribution in [0, 0.1) is 6.92 Å². The van der Waals surface area contributed by atoms with E-state index in [9.17, 15) is 0 Å². The Balaban J connectivity index is 0.00000267. The molecule has 0 unspecified atom stereocenters. The summed E-state index contributed by atoms with van der Waals surface area (Å²) in [6.45, 7) is 2.27. The predicted octanol–water partition coefficient (Wildman–Crippen LogP) is 4.80. The van der Waals surface area contributed by atoms with Crippen molar-refractivity contribution < 1.29 is 17.0 Å². The molecular formula is C34H28BrP. The molecule has 0 aliphatic carbocycles. The summed E-state index contributed by atoms with van der Waals surface area (Å²) in [5.74, 6) is 0. The minimum Gasteiger partial charge on any atom is -1.00 e. The lowest BCUT2D eigenvalue weighted by atomic mass is 9.93. The van der Waals surface area contributed by atoms with Crippen LogP contribution in [0.1, 0.15) is 11.1 Å². The fourth-order valence-corrected chi connectivity index (χ4v) is 9.91. The number of hydrogen-bond acceptors (Lipinski definition) is 0. The van der Waals surface area contributed by atoms with Crippen LogP contribution in [0.25, 0.3) is 21.5 Å². The van der Waals surface area contributed by atoms with Crippen LogP contribution in [0.2, 0.25) is 0 Å². The molecule has 0 nitrogen and oxygen atoms in total. The Morgan fingerprint density at radius 3 is 1.08 bits per heavy atom. The van der Waals surface area contributed by atoms with Crippen LogP contribution in [0.3, 0.4) is 0 Å². The monoisotopic (exact) mass is 546 g/mol. The molecule has 0 saturated carbocycles. The SMILES string of the molecule is Cc1c2ccccc2c(C[P+](c2ccccc2)(c2ccccc2)c2ccccc2)c2ccccc12.[Br-]. The van der Waals surface area contributed by atoms with E-state index < -0.39 is 7.26 Å². The van der Waals surface area contributed by atoms with Crippen molar-refractivity contribution in [3.05, 3.63) is 151 Å². The zero-order valence-electron chi connectivity index (χ0n) is 20.3. The molecule has 0 saturated heterocycles. The second-order valence-corrected chi connectivity index (χ2v) is 12.7. The van der Waals surface area contributed by atoms with Crippen molar-refractivity contribution in [3.63, 3.8) is 0 Å². The molecule has 2 heteroatoms. The summed E-state index contributed by atoms with van der Waals surface area (Å²) >= 11 is 0. The first-order valence-corrected chi connectivity index (χ1v) is 14.2. The predicted molar refractivity (Wildman–Crippen MR) is 155 cm³/mol. The molecule has 0 aliphatic heterocycles. The summed E-state index contributed by atoms with van der Waals surface area (Å²) in [7, 11) is -2.00. The smallest absolute Gasteiger partial charge is 0.116 e. The van der Waals surface area contributed by atoms with Gasteiger partial charge in [-0.2, -0.15) is 0 Å². The maximum atomic E-state index is 2.34. The van der Waals surface area contributed by atoms with Gasteiger partial charge in [0.1, 0.15) is 23.2 Å². The highest BCUT2D eigenvalue weighted by molar-refractivity contribution is 7.95. The van der Waals surface area contributed by atoms with Crippen LogP contribution in [-0.4, -0.2) is 0 Å². The molecular weight excluding hydrogens is 519 g/mol. The molecule has 176 valence electrons. The quantitative estimate of drug-likeness (QED) is 0.215. The topological polar surface area (TPSA) is 0 Å². The highest BCUT2D eigenvalue weighted by Gasteiger charge is 2.46. The normalized spacial score (nSPS) is 11.4. The maximum absolute atomic E-state index is 2.34. The summed E-state index contributed by atoms with van der Waals surface area (Å²) in [5.41, 5.74) is 2.81. The zero-order valence-corrected chi connectivity index (χ0v) is 22.8. The van der Waals surface area contributed by atoms with E-state index in [4.69, 9.17) is 0 Å². The van der Waals surface area contributed by atoms with E-state index in [-0.39, 0.29) is 17.0 Å². The number of hydrogen-bond donors (Lipinski definition) is 0. The fourth-order valence-electron chi connectivity index (χ4n) is 5.61. The summed E-state index contributed by atoms with van der Waals surface area (Å²) in [5, 5.41) is 9.72. The number of rotatable bonds is 5. The molecule has 0 aromatic heterocycles. The molecule has 0 radical (unpaired) electrons. The lowest BCUT2D eigenvalue weighted by molar-refractivity contribution is -0.00000667. The van der Waals surface area contributed by atoms with E-state index >= 15 is 0 Å². The van der Waals surface area contributed by atoms with E-state index in [2.05, 4.69) is 146 Å². The van der Waals surface area contributed by atoms with Gasteiger partial charge in [0.25, 0.3) is 0 Å². The van der Waals surface area contributed by atoms with Crippen LogP contribution < -0.4 is 32.9 Å². The molecule has 6 aromatic rings. The Kier molecular flexibility index (Phi) is 7.06. The molecule has 6 aromatic carbocycles. The van der Waals surface area contributed by atoms with Gasteiger partial charge >= 0.3 is 0 Å². The van der Waals surface area contributed by atoms with Gasteiger partial charge in [-0.1, -0.05) is 103 Å². The third-order valence-corrected chi connectivity index (χ3v) is 11.6. The second kappa shape index (κ2) is 10.4. The van der Waals surface area contributed by atoms with Gasteiger partial charge in [-0.05, 0) is 70.4 Å². The third-order valence-electron chi connectivity index (χ3n) is 7.30. The number of benzene rings is 6. The Bertz CT molecular complexity index is 1460. The lowest BCUT2D eigenvalue weighted by Crippen LogP contribution is -3.00. The lowest BCUT2D eigenvalue weighted by Gasteiger charge is -2.29. The van der Waals surface area contributed by atoms with Crippen molar-refractivity contribution in [2.75, 3.05) is 0 Å². The van der Waals surface area contributed by atoms with Gasteiger partial charge in [-0.15, -0.1) is 0 Å². The molecule has 36 heavy (non-hydrogen) atoms. The van der Waals surface area contributed by atoms with Gasteiger partial charge in [0.2, 0.25) is 0 Å². The van der Waals surface area contributed by atoms with Crippen molar-refractivity contribution in [2.24, 2.45) is 0 Å². The number of halogens is 1. The average Bonchev–Trinajstić information content (AvgIpc) is 2.95. The molecule has 6 rings (SSSR count). The highest BCUT2D eigenvalue weighted by atomic mass is 79.9. The Labute approximate surface area is 224 Å². The highest BCUT2D eigenvalue weighted by Crippen LogP contribution is 2.59. The van der Waals surface area contributed by atoms with Crippen LogP contribution in [0.15, 0.2) is 140 Å². The van der Waals surface area contributed by atoms with Crippen molar-refractivity contribution in [3.8, 4) is 0 Å². The summed E-state index contributed by atoms with van der Waals surface area (Å²) in [6.07, 6.45) is 0.979. The van der Waals surface area contributed by atoms with Crippen molar-refractivity contribution in [2.45, 2.75) is 13.1 Å². The second-order valence-electron chi connectivity index (χ2n) is 9.17. The van der Waals surface area contributed by atoms with E-state index in [0.29, 0.717) is 0 Å². The summed E-state index contributed by atoms with van der Waals surface area (Å²) in [6, 6.07) is 51.5. The third kappa shape index (κ3) is 4.07. The molecule has 0 atom stereocenters. The zero-order chi connectivity index (χ0) is 23.7. The van der Waals surface area contributed by atoms with E-state index in [0.717, 1.165) is 6.16 Å². The van der Waals surface area contributed by atoms with E-state index in [1.54, 1.807) is 0 Å². The Hall–Kier alpha value is -3.25. The molecule has 0 aliphatic rings. The first kappa shape index (κ1) is 24.4. The van der Waals surface area contributed by atoms with Crippen LogP contribution in [0.5, 0.6) is 0 Å². The largest absolute Gasteiger partial charge is 1.00 e. The van der Waals surface area contributed by atoms with Gasteiger partial charge in [-0.3, -0.25) is 0 Å². The fraction of sp³-hybridized carbons (Fsp3) is 0.0588. The van der Waals surface area contributed by atoms with E-state index in [1.807, 2.05) is 0 Å². The molecule has 0 spiro atoms. The standard InChI is InChI=1S/C34H28P.BrH/c1-26-30-21-11-13-23-32(30)34(33-24-14-12-22-31(26)33)25-35(27-15-5-2-6-16-27,28-17-7-3-8-18-28)29-19-9-4-10-20-29;/h2-24H,25H2,1H3;1H/q+1;/p-1. The Morgan fingerprint density at radius 1 is 0.417 bits per heavy atom. The molecule has 0 amide bonds. The van der Waals surface area contributed by atoms with Crippen molar-refractivity contribution in [1.29, 1.82) is 0 Å². The first-order valence-electron chi connectivity index (χ1n) is 12.2. The van der Waals surface area contributed by atoms with Crippen molar-refractivity contribution >= 4 is 44.7 Å². The van der Waals surface area contributed by atoms with Crippen molar-refractivity contribution in [1.82, 2.24) is 0 Å². The minimum absolute atomic E-state index is 0. The van der Waals surface area contributed by atoms with E-state index in [1.165, 1.54) is 48.6 Å². The molecule has 0 fully saturated rings. The minimum atomic E-state index is -2.00. The summed E-state index contributed by atoms with van der Waals surface area (Å²) in [4.78, 5) is 0. The van der Waals surface area contributed by atoms with Crippen LogP contribution >= 0.6 is 7.26 Å². The number of fused-ring (bicyclic) bond motifs is 2. The summed E-state index contributed by atoms with van der Waals surface area (Å²) < 4.78 is 0. The van der Waals surface area contributed by atoms with Gasteiger partial charge in [-0.25, -0.2) is 0 Å². The average molecular weight is 547 g/mol. The van der Waals surface area contributed by atoms with Crippen LogP contribution in [-0.2, 0) is 6.16 Å². The van der Waals surface area contributed by atoms with Gasteiger partial charge in [0.05, 0.1) is 6.16 Å². The van der Waals surface area contributed by atoms with Gasteiger partial charge in [0, 0.05) is 5.56 Å². The first-order chi connectivity index (χ1) is 17.3. The Morgan fingerprint density at radius 2 is 0.722 bits per heavy atom. The van der Waals surface area contributed by atoms with Gasteiger partial charge in [0.15, 0.2) is 0 Å². The van der Waals surface area contributed by atoms with Crippen LogP contribution in [0.4, 0.5) is 0 Å². The maximum Gasteiger partial charge on any atom is 0.116 e. The molecule has 0 N–H and O–H groups in total. The molecule has 0 heterocycles. The van der Waals surface area contributed by atoms with Gasteiger partial charge < -0.3 is 17.0 Å². The molecule has 0 bridgehead atoms. The number of aryl methyl sites for hydroxylation is 1.